The number of halogens is 4. The van der Waals surface area contributed by atoms with Crippen LogP contribution in [0.1, 0.15) is 44.4 Å². The van der Waals surface area contributed by atoms with E-state index in [0.29, 0.717) is 19.8 Å². The minimum absolute atomic E-state index is 0.209. The molecule has 1 aliphatic carbocycles. The zero-order valence-electron chi connectivity index (χ0n) is 13.0. The first-order valence-corrected chi connectivity index (χ1v) is 7.56. The van der Waals surface area contributed by atoms with Crippen LogP contribution in [0.15, 0.2) is 6.20 Å². The van der Waals surface area contributed by atoms with Crippen molar-refractivity contribution in [1.29, 1.82) is 0 Å². The first-order valence-electron chi connectivity index (χ1n) is 7.56. The number of aromatic nitrogens is 5. The Balaban J connectivity index is 1.87. The van der Waals surface area contributed by atoms with Gasteiger partial charge in [0.25, 0.3) is 0 Å². The highest BCUT2D eigenvalue weighted by Gasteiger charge is 2.55. The van der Waals surface area contributed by atoms with Crippen molar-refractivity contribution in [2.24, 2.45) is 0 Å². The van der Waals surface area contributed by atoms with Crippen molar-refractivity contribution in [3.8, 4) is 11.5 Å². The van der Waals surface area contributed by atoms with Crippen molar-refractivity contribution in [2.75, 3.05) is 0 Å². The van der Waals surface area contributed by atoms with Gasteiger partial charge in [0.1, 0.15) is 5.69 Å². The van der Waals surface area contributed by atoms with Crippen LogP contribution in [0, 0.1) is 0 Å². The van der Waals surface area contributed by atoms with Gasteiger partial charge in [-0.25, -0.2) is 9.37 Å². The molecule has 0 amide bonds. The van der Waals surface area contributed by atoms with Gasteiger partial charge in [-0.2, -0.15) is 13.2 Å². The van der Waals surface area contributed by atoms with Crippen molar-refractivity contribution >= 4 is 0 Å². The second kappa shape index (κ2) is 4.35. The molecule has 130 valence electrons. The zero-order valence-corrected chi connectivity index (χ0v) is 13.0. The summed E-state index contributed by atoms with van der Waals surface area (Å²) in [5.41, 5.74) is -4.30. The van der Waals surface area contributed by atoms with Crippen molar-refractivity contribution in [3.05, 3.63) is 17.8 Å². The summed E-state index contributed by atoms with van der Waals surface area (Å²) in [7, 11) is 0. The largest absolute Gasteiger partial charge is 0.424 e. The Morgan fingerprint density at radius 3 is 2.54 bits per heavy atom. The maximum Gasteiger partial charge on any atom is 0.424 e. The van der Waals surface area contributed by atoms with Gasteiger partial charge in [0.2, 0.25) is 5.60 Å². The van der Waals surface area contributed by atoms with Crippen LogP contribution in [0.3, 0.4) is 0 Å². The number of nitrogens with zero attached hydrogens (tertiary/aromatic N) is 5. The van der Waals surface area contributed by atoms with Gasteiger partial charge in [-0.15, -0.1) is 10.2 Å². The van der Waals surface area contributed by atoms with Gasteiger partial charge in [-0.05, 0) is 26.7 Å². The molecule has 0 unspecified atom stereocenters. The number of rotatable bonds is 2. The Morgan fingerprint density at radius 2 is 1.96 bits per heavy atom. The minimum Gasteiger partial charge on any atom is -0.374 e. The summed E-state index contributed by atoms with van der Waals surface area (Å²) >= 11 is 0. The zero-order chi connectivity index (χ0) is 17.5. The van der Waals surface area contributed by atoms with E-state index in [0.717, 1.165) is 0 Å². The Kier molecular flexibility index (Phi) is 2.82. The molecular formula is C14H15F4N5O. The minimum atomic E-state index is -4.87. The Hall–Kier alpha value is -1.97. The smallest absolute Gasteiger partial charge is 0.374 e. The lowest BCUT2D eigenvalue weighted by Gasteiger charge is -2.31. The fraction of sp³-hybridized carbons (Fsp3) is 0.643. The predicted molar refractivity (Wildman–Crippen MR) is 73.6 cm³/mol. The first-order chi connectivity index (χ1) is 11.1. The summed E-state index contributed by atoms with van der Waals surface area (Å²) in [6.45, 7) is 2.57. The summed E-state index contributed by atoms with van der Waals surface area (Å²) in [6, 6.07) is -0.462. The Labute approximate surface area is 134 Å². The molecule has 1 aliphatic heterocycles. The van der Waals surface area contributed by atoms with E-state index in [-0.39, 0.29) is 23.9 Å². The second-order valence-corrected chi connectivity index (χ2v) is 6.68. The molecule has 0 saturated heterocycles. The fourth-order valence-corrected chi connectivity index (χ4v) is 3.14. The van der Waals surface area contributed by atoms with E-state index in [1.54, 1.807) is 11.5 Å². The van der Waals surface area contributed by atoms with E-state index in [2.05, 4.69) is 15.2 Å². The van der Waals surface area contributed by atoms with Gasteiger partial charge < -0.3 is 14.2 Å². The highest BCUT2D eigenvalue weighted by atomic mass is 19.4. The molecule has 24 heavy (non-hydrogen) atoms. The summed E-state index contributed by atoms with van der Waals surface area (Å²) in [5.74, 6) is -0.0284. The van der Waals surface area contributed by atoms with E-state index in [1.807, 2.05) is 0 Å². The molecule has 3 heterocycles. The van der Waals surface area contributed by atoms with Crippen LogP contribution in [-0.2, 0) is 17.8 Å². The number of fused-ring (bicyclic) bond motifs is 3. The topological polar surface area (TPSA) is 68.8 Å². The molecule has 0 spiro atoms. The third-order valence-corrected chi connectivity index (χ3v) is 4.74. The standard InChI is InChI=1S/C14H15F4N5O/c1-7-6-22-9(20-21-11(22)13(15)3-4-13)8-5-19-10(23(7)8)12(2,24)14(16,17)18/h5,7,24H,3-4,6H2,1-2H3/t7-,12+/m0/s1. The van der Waals surface area contributed by atoms with Crippen LogP contribution in [0.2, 0.25) is 0 Å². The van der Waals surface area contributed by atoms with Crippen molar-refractivity contribution in [3.63, 3.8) is 0 Å². The molecule has 2 aromatic rings. The highest BCUT2D eigenvalue weighted by molar-refractivity contribution is 5.53. The van der Waals surface area contributed by atoms with Crippen LogP contribution >= 0.6 is 0 Å². The third kappa shape index (κ3) is 1.89. The maximum absolute atomic E-state index is 14.4. The summed E-state index contributed by atoms with van der Waals surface area (Å²) in [6.07, 6.45) is -2.92. The number of aliphatic hydroxyl groups is 1. The van der Waals surface area contributed by atoms with Gasteiger partial charge in [0.05, 0.1) is 12.2 Å². The summed E-state index contributed by atoms with van der Waals surface area (Å²) < 4.78 is 56.8. The van der Waals surface area contributed by atoms with Crippen LogP contribution < -0.4 is 0 Å². The molecule has 6 nitrogen and oxygen atoms in total. The molecule has 1 saturated carbocycles. The molecule has 0 aromatic carbocycles. The van der Waals surface area contributed by atoms with Gasteiger partial charge in [-0.1, -0.05) is 0 Å². The lowest BCUT2D eigenvalue weighted by molar-refractivity contribution is -0.262. The van der Waals surface area contributed by atoms with Crippen molar-refractivity contribution in [2.45, 2.75) is 56.7 Å². The van der Waals surface area contributed by atoms with Gasteiger partial charge in [0, 0.05) is 6.54 Å². The molecule has 4 rings (SSSR count). The SMILES string of the molecule is C[C@H]1Cn2c(nnc2C2(F)CC2)-c2cnc([C@@](C)(O)C(F)(F)F)n21. The van der Waals surface area contributed by atoms with Gasteiger partial charge in [-0.3, -0.25) is 0 Å². The average Bonchev–Trinajstić information content (AvgIpc) is 2.90. The quantitative estimate of drug-likeness (QED) is 0.849. The molecule has 0 bridgehead atoms. The van der Waals surface area contributed by atoms with E-state index >= 15 is 0 Å². The summed E-state index contributed by atoms with van der Waals surface area (Å²) in [5, 5.41) is 17.8. The van der Waals surface area contributed by atoms with Gasteiger partial charge in [0.15, 0.2) is 23.1 Å². The second-order valence-electron chi connectivity index (χ2n) is 6.68. The summed E-state index contributed by atoms with van der Waals surface area (Å²) in [4.78, 5) is 3.79. The van der Waals surface area contributed by atoms with E-state index < -0.39 is 29.3 Å². The third-order valence-electron chi connectivity index (χ3n) is 4.74. The number of alkyl halides is 4. The molecule has 2 aromatic heterocycles. The monoisotopic (exact) mass is 345 g/mol. The molecule has 10 heteroatoms. The predicted octanol–water partition coefficient (Wildman–Crippen LogP) is 2.44. The average molecular weight is 345 g/mol. The van der Waals surface area contributed by atoms with E-state index in [4.69, 9.17) is 0 Å². The van der Waals surface area contributed by atoms with Gasteiger partial charge >= 0.3 is 6.18 Å². The van der Waals surface area contributed by atoms with Crippen LogP contribution in [0.4, 0.5) is 17.6 Å². The lowest BCUT2D eigenvalue weighted by atomic mass is 10.0. The first kappa shape index (κ1) is 15.6. The molecule has 2 aliphatic rings. The lowest BCUT2D eigenvalue weighted by Crippen LogP contribution is -2.42. The fourth-order valence-electron chi connectivity index (χ4n) is 3.14. The highest BCUT2D eigenvalue weighted by Crippen LogP contribution is 2.50. The normalized spacial score (nSPS) is 24.2. The van der Waals surface area contributed by atoms with E-state index in [9.17, 15) is 22.7 Å². The molecule has 1 N–H and O–H groups in total. The number of hydrogen-bond acceptors (Lipinski definition) is 4. The van der Waals surface area contributed by atoms with Crippen LogP contribution in [0.25, 0.3) is 11.5 Å². The van der Waals surface area contributed by atoms with Crippen LogP contribution in [-0.4, -0.2) is 35.6 Å². The van der Waals surface area contributed by atoms with Crippen molar-refractivity contribution in [1.82, 2.24) is 24.3 Å². The molecular weight excluding hydrogens is 330 g/mol. The number of hydrogen-bond donors (Lipinski definition) is 1. The van der Waals surface area contributed by atoms with Crippen molar-refractivity contribution < 1.29 is 22.7 Å². The Bertz CT molecular complexity index is 818. The molecule has 1 fully saturated rings. The maximum atomic E-state index is 14.4. The van der Waals surface area contributed by atoms with E-state index in [1.165, 1.54) is 10.8 Å². The number of imidazole rings is 1. The molecule has 0 radical (unpaired) electrons. The Morgan fingerprint density at radius 1 is 1.29 bits per heavy atom. The molecule has 2 atom stereocenters. The van der Waals surface area contributed by atoms with Crippen LogP contribution in [0.5, 0.6) is 0 Å².